The van der Waals surface area contributed by atoms with Gasteiger partial charge in [0, 0.05) is 13.1 Å². The molecule has 3 atom stereocenters. The van der Waals surface area contributed by atoms with E-state index in [1.807, 2.05) is 66.7 Å². The van der Waals surface area contributed by atoms with Gasteiger partial charge in [-0.3, -0.25) is 9.59 Å². The Balaban J connectivity index is 1.32. The van der Waals surface area contributed by atoms with Crippen LogP contribution in [0.4, 0.5) is 0 Å². The van der Waals surface area contributed by atoms with Gasteiger partial charge in [0.1, 0.15) is 11.5 Å². The van der Waals surface area contributed by atoms with Crippen molar-refractivity contribution in [3.05, 3.63) is 95.6 Å². The molecule has 176 valence electrons. The Morgan fingerprint density at radius 1 is 0.853 bits per heavy atom. The molecule has 0 fully saturated rings. The molecule has 0 aliphatic carbocycles. The van der Waals surface area contributed by atoms with Crippen LogP contribution in [0, 0.1) is 0 Å². The van der Waals surface area contributed by atoms with Crippen LogP contribution in [0.5, 0.6) is 11.5 Å². The minimum atomic E-state index is -1.87. The first kappa shape index (κ1) is 23.5. The summed E-state index contributed by atoms with van der Waals surface area (Å²) in [5.74, 6) is -0.101. The quantitative estimate of drug-likeness (QED) is 0.504. The number of para-hydroxylation sites is 1. The van der Waals surface area contributed by atoms with Crippen LogP contribution in [-0.4, -0.2) is 45.7 Å². The van der Waals surface area contributed by atoms with Crippen molar-refractivity contribution in [2.45, 2.75) is 38.1 Å². The maximum absolute atomic E-state index is 12.7. The molecule has 1 aliphatic rings. The van der Waals surface area contributed by atoms with Gasteiger partial charge in [-0.1, -0.05) is 54.6 Å². The monoisotopic (exact) mass is 460 g/mol. The second kappa shape index (κ2) is 10.5. The van der Waals surface area contributed by atoms with E-state index in [2.05, 4.69) is 5.32 Å². The number of ether oxygens (including phenoxy) is 1. The number of rotatable bonds is 7. The first-order valence-electron chi connectivity index (χ1n) is 11.3. The van der Waals surface area contributed by atoms with Gasteiger partial charge in [0.25, 0.3) is 11.8 Å². The molecule has 0 radical (unpaired) electrons. The molecule has 34 heavy (non-hydrogen) atoms. The van der Waals surface area contributed by atoms with E-state index in [4.69, 9.17) is 4.74 Å². The van der Waals surface area contributed by atoms with Gasteiger partial charge in [0.05, 0.1) is 6.04 Å². The zero-order chi connectivity index (χ0) is 24.1. The highest BCUT2D eigenvalue weighted by Crippen LogP contribution is 2.23. The Labute approximate surface area is 198 Å². The van der Waals surface area contributed by atoms with Crippen molar-refractivity contribution in [1.82, 2.24) is 10.2 Å². The lowest BCUT2D eigenvalue weighted by Gasteiger charge is -2.31. The summed E-state index contributed by atoms with van der Waals surface area (Å²) in [6, 6.07) is 23.9. The minimum Gasteiger partial charge on any atom is -0.457 e. The zero-order valence-electron chi connectivity index (χ0n) is 18.9. The first-order valence-corrected chi connectivity index (χ1v) is 11.3. The second-order valence-corrected chi connectivity index (χ2v) is 8.38. The Hall–Kier alpha value is -3.68. The average Bonchev–Trinajstić information content (AvgIpc) is 2.88. The van der Waals surface area contributed by atoms with E-state index in [-0.39, 0.29) is 0 Å². The van der Waals surface area contributed by atoms with E-state index in [1.54, 1.807) is 19.1 Å². The van der Waals surface area contributed by atoms with E-state index in [0.29, 0.717) is 25.3 Å². The van der Waals surface area contributed by atoms with Crippen molar-refractivity contribution in [3.8, 4) is 11.5 Å². The molecule has 0 saturated heterocycles. The lowest BCUT2D eigenvalue weighted by Crippen LogP contribution is -2.51. The Bertz CT molecular complexity index is 1130. The Morgan fingerprint density at radius 2 is 1.47 bits per heavy atom. The van der Waals surface area contributed by atoms with Gasteiger partial charge in [-0.2, -0.15) is 0 Å². The molecular formula is C27H28N2O5. The molecular weight excluding hydrogens is 432 g/mol. The number of amides is 2. The van der Waals surface area contributed by atoms with Crippen LogP contribution in [0.3, 0.4) is 0 Å². The summed E-state index contributed by atoms with van der Waals surface area (Å²) in [5, 5.41) is 23.4. The molecule has 7 heteroatoms. The molecule has 1 heterocycles. The lowest BCUT2D eigenvalue weighted by atomic mass is 9.99. The molecule has 3 aromatic rings. The van der Waals surface area contributed by atoms with Gasteiger partial charge in [0.2, 0.25) is 0 Å². The summed E-state index contributed by atoms with van der Waals surface area (Å²) in [4.78, 5) is 26.7. The van der Waals surface area contributed by atoms with Gasteiger partial charge in [-0.05, 0) is 54.3 Å². The van der Waals surface area contributed by atoms with Gasteiger partial charge >= 0.3 is 0 Å². The molecule has 3 aromatic carbocycles. The molecule has 0 spiro atoms. The number of benzene rings is 3. The largest absolute Gasteiger partial charge is 0.457 e. The SMILES string of the molecule is CC(NC(=O)[C@H](O)[C@@H](O)C(=O)N1CCc2ccccc2C1)c1ccc(Oc2ccccc2)cc1. The van der Waals surface area contributed by atoms with Gasteiger partial charge in [-0.15, -0.1) is 0 Å². The number of aliphatic hydroxyl groups is 2. The van der Waals surface area contributed by atoms with Crippen molar-refractivity contribution in [2.24, 2.45) is 0 Å². The Kier molecular flexibility index (Phi) is 7.25. The molecule has 2 amide bonds. The van der Waals surface area contributed by atoms with Crippen LogP contribution in [-0.2, 0) is 22.6 Å². The molecule has 3 N–H and O–H groups in total. The topological polar surface area (TPSA) is 99.1 Å². The summed E-state index contributed by atoms with van der Waals surface area (Å²) < 4.78 is 5.77. The predicted octanol–water partition coefficient (Wildman–Crippen LogP) is 2.96. The number of carbonyl (C=O) groups excluding carboxylic acids is 2. The van der Waals surface area contributed by atoms with Crippen molar-refractivity contribution in [2.75, 3.05) is 6.54 Å². The van der Waals surface area contributed by atoms with Crippen molar-refractivity contribution in [1.29, 1.82) is 0 Å². The zero-order valence-corrected chi connectivity index (χ0v) is 18.9. The number of nitrogens with zero attached hydrogens (tertiary/aromatic N) is 1. The van der Waals surface area contributed by atoms with Crippen LogP contribution in [0.15, 0.2) is 78.9 Å². The third kappa shape index (κ3) is 5.44. The maximum Gasteiger partial charge on any atom is 0.255 e. The van der Waals surface area contributed by atoms with E-state index in [9.17, 15) is 19.8 Å². The van der Waals surface area contributed by atoms with Crippen LogP contribution in [0.1, 0.15) is 29.7 Å². The number of hydrogen-bond donors (Lipinski definition) is 3. The summed E-state index contributed by atoms with van der Waals surface area (Å²) in [6.07, 6.45) is -3.04. The van der Waals surface area contributed by atoms with Crippen molar-refractivity contribution >= 4 is 11.8 Å². The molecule has 1 unspecified atom stereocenters. The number of fused-ring (bicyclic) bond motifs is 1. The van der Waals surface area contributed by atoms with Gasteiger partial charge in [0.15, 0.2) is 12.2 Å². The normalized spacial score (nSPS) is 15.6. The highest BCUT2D eigenvalue weighted by molar-refractivity contribution is 5.91. The highest BCUT2D eigenvalue weighted by Gasteiger charge is 2.35. The van der Waals surface area contributed by atoms with Crippen molar-refractivity contribution < 1.29 is 24.5 Å². The summed E-state index contributed by atoms with van der Waals surface area (Å²) in [5.41, 5.74) is 2.95. The lowest BCUT2D eigenvalue weighted by molar-refractivity contribution is -0.154. The van der Waals surface area contributed by atoms with Crippen LogP contribution >= 0.6 is 0 Å². The van der Waals surface area contributed by atoms with Crippen molar-refractivity contribution in [3.63, 3.8) is 0 Å². The second-order valence-electron chi connectivity index (χ2n) is 8.38. The summed E-state index contributed by atoms with van der Waals surface area (Å²) in [6.45, 7) is 2.52. The van der Waals surface area contributed by atoms with Gasteiger partial charge in [-0.25, -0.2) is 0 Å². The smallest absolute Gasteiger partial charge is 0.255 e. The molecule has 0 saturated carbocycles. The summed E-state index contributed by atoms with van der Waals surface area (Å²) >= 11 is 0. The molecule has 0 bridgehead atoms. The third-order valence-electron chi connectivity index (χ3n) is 5.98. The molecule has 4 rings (SSSR count). The van der Waals surface area contributed by atoms with Gasteiger partial charge < -0.3 is 25.2 Å². The third-order valence-corrected chi connectivity index (χ3v) is 5.98. The molecule has 0 aromatic heterocycles. The van der Waals surface area contributed by atoms with E-state index in [1.165, 1.54) is 4.90 Å². The van der Waals surface area contributed by atoms with E-state index < -0.39 is 30.1 Å². The van der Waals surface area contributed by atoms with E-state index in [0.717, 1.165) is 22.4 Å². The Morgan fingerprint density at radius 3 is 2.18 bits per heavy atom. The highest BCUT2D eigenvalue weighted by atomic mass is 16.5. The fourth-order valence-corrected chi connectivity index (χ4v) is 3.98. The fourth-order valence-electron chi connectivity index (χ4n) is 3.98. The first-order chi connectivity index (χ1) is 16.4. The average molecular weight is 461 g/mol. The van der Waals surface area contributed by atoms with Crippen LogP contribution in [0.25, 0.3) is 0 Å². The van der Waals surface area contributed by atoms with E-state index >= 15 is 0 Å². The fraction of sp³-hybridized carbons (Fsp3) is 0.259. The molecule has 7 nitrogen and oxygen atoms in total. The number of nitrogens with one attached hydrogen (secondary N) is 1. The minimum absolute atomic E-state index is 0.341. The van der Waals surface area contributed by atoms with Crippen LogP contribution in [0.2, 0.25) is 0 Å². The maximum atomic E-state index is 12.7. The standard InChI is InChI=1S/C27H28N2O5/c1-18(19-11-13-23(14-12-19)34-22-9-3-2-4-10-22)28-26(32)24(30)25(31)27(33)29-16-15-20-7-5-6-8-21(20)17-29/h2-14,18,24-25,30-31H,15-17H2,1H3,(H,28,32)/t18?,24-,25-/m1/s1. The molecule has 1 aliphatic heterocycles. The summed E-state index contributed by atoms with van der Waals surface area (Å²) in [7, 11) is 0. The number of hydrogen-bond acceptors (Lipinski definition) is 5. The predicted molar refractivity (Wildman–Crippen MR) is 127 cm³/mol. The van der Waals surface area contributed by atoms with Crippen LogP contribution < -0.4 is 10.1 Å². The number of aliphatic hydroxyl groups excluding tert-OH is 2. The number of carbonyl (C=O) groups is 2.